The molecule has 0 saturated carbocycles. The first-order valence-corrected chi connectivity index (χ1v) is 10.9. The Labute approximate surface area is 196 Å². The molecule has 1 N–H and O–H groups in total. The van der Waals surface area contributed by atoms with Crippen LogP contribution in [0.25, 0.3) is 11.3 Å². The van der Waals surface area contributed by atoms with Crippen molar-refractivity contribution in [1.82, 2.24) is 25.2 Å². The molecule has 9 nitrogen and oxygen atoms in total. The molecule has 0 unspecified atom stereocenters. The summed E-state index contributed by atoms with van der Waals surface area (Å²) >= 11 is 0. The summed E-state index contributed by atoms with van der Waals surface area (Å²) in [5.74, 6) is 0.255. The van der Waals surface area contributed by atoms with Gasteiger partial charge in [0.25, 0.3) is 5.56 Å². The van der Waals surface area contributed by atoms with Crippen molar-refractivity contribution in [1.29, 1.82) is 0 Å². The van der Waals surface area contributed by atoms with Crippen molar-refractivity contribution >= 4 is 5.91 Å². The van der Waals surface area contributed by atoms with Gasteiger partial charge in [0, 0.05) is 18.2 Å². The molecule has 0 fully saturated rings. The van der Waals surface area contributed by atoms with Crippen LogP contribution in [0.15, 0.2) is 70.0 Å². The van der Waals surface area contributed by atoms with Gasteiger partial charge in [-0.15, -0.1) is 0 Å². The summed E-state index contributed by atoms with van der Waals surface area (Å²) in [4.78, 5) is 28.8. The molecule has 0 aliphatic heterocycles. The summed E-state index contributed by atoms with van der Waals surface area (Å²) in [5, 5.41) is 11.0. The van der Waals surface area contributed by atoms with Crippen LogP contribution >= 0.6 is 0 Å². The van der Waals surface area contributed by atoms with Gasteiger partial charge in [-0.05, 0) is 44.5 Å². The number of amides is 1. The Morgan fingerprint density at radius 1 is 1.06 bits per heavy atom. The molecular weight excluding hydrogens is 434 g/mol. The zero-order chi connectivity index (χ0) is 24.1. The number of carbonyl (C=O) groups excluding carboxylic acids is 1. The van der Waals surface area contributed by atoms with Crippen LogP contribution in [0.3, 0.4) is 0 Å². The van der Waals surface area contributed by atoms with E-state index in [9.17, 15) is 9.59 Å². The third-order valence-electron chi connectivity index (χ3n) is 4.92. The van der Waals surface area contributed by atoms with E-state index in [1.807, 2.05) is 69.3 Å². The number of nitrogens with one attached hydrogen (secondary N) is 1. The monoisotopic (exact) mass is 459 g/mol. The summed E-state index contributed by atoms with van der Waals surface area (Å²) in [6.07, 6.45) is 0.0911. The number of nitrogens with zero attached hydrogens (tertiary/aromatic N) is 4. The molecule has 0 atom stereocenters. The summed E-state index contributed by atoms with van der Waals surface area (Å²) < 4.78 is 11.9. The van der Waals surface area contributed by atoms with E-state index in [1.165, 1.54) is 10.7 Å². The Hall–Kier alpha value is -4.27. The highest BCUT2D eigenvalue weighted by molar-refractivity contribution is 5.89. The number of hydrogen-bond acceptors (Lipinski definition) is 7. The number of rotatable bonds is 8. The maximum absolute atomic E-state index is 12.4. The standard InChI is InChI=1S/C25H25N5O4/c1-16(2)33-20-10-6-18(7-11-20)14-26-24(32)25-27-22(29-34-25)15-30-23(31)13-12-21(28-30)19-8-4-17(3)5-9-19/h4-13,16H,14-15H2,1-3H3,(H,26,32). The minimum absolute atomic E-state index is 0.0212. The predicted octanol–water partition coefficient (Wildman–Crippen LogP) is 3.37. The Morgan fingerprint density at radius 3 is 2.50 bits per heavy atom. The van der Waals surface area contributed by atoms with Crippen LogP contribution in [0.5, 0.6) is 5.75 Å². The molecule has 9 heteroatoms. The highest BCUT2D eigenvalue weighted by Gasteiger charge is 2.16. The van der Waals surface area contributed by atoms with Gasteiger partial charge in [-0.25, -0.2) is 4.68 Å². The van der Waals surface area contributed by atoms with Crippen molar-refractivity contribution in [3.8, 4) is 17.0 Å². The van der Waals surface area contributed by atoms with Gasteiger partial charge >= 0.3 is 11.8 Å². The fourth-order valence-corrected chi connectivity index (χ4v) is 3.20. The van der Waals surface area contributed by atoms with Gasteiger partial charge in [0.05, 0.1) is 11.8 Å². The molecule has 2 heterocycles. The minimum Gasteiger partial charge on any atom is -0.491 e. The van der Waals surface area contributed by atoms with Gasteiger partial charge in [0.2, 0.25) is 0 Å². The van der Waals surface area contributed by atoms with E-state index in [2.05, 4.69) is 20.6 Å². The van der Waals surface area contributed by atoms with E-state index < -0.39 is 5.91 Å². The van der Waals surface area contributed by atoms with Gasteiger partial charge in [0.15, 0.2) is 5.82 Å². The maximum atomic E-state index is 12.4. The summed E-state index contributed by atoms with van der Waals surface area (Å²) in [7, 11) is 0. The number of aryl methyl sites for hydroxylation is 1. The summed E-state index contributed by atoms with van der Waals surface area (Å²) in [5.41, 5.74) is 3.25. The van der Waals surface area contributed by atoms with Crippen LogP contribution in [0, 0.1) is 6.92 Å². The van der Waals surface area contributed by atoms with E-state index >= 15 is 0 Å². The highest BCUT2D eigenvalue weighted by atomic mass is 16.5. The van der Waals surface area contributed by atoms with Crippen LogP contribution in [-0.4, -0.2) is 31.9 Å². The molecular formula is C25H25N5O4. The zero-order valence-corrected chi connectivity index (χ0v) is 19.2. The lowest BCUT2D eigenvalue weighted by molar-refractivity contribution is 0.0907. The van der Waals surface area contributed by atoms with E-state index in [0.717, 1.165) is 22.4 Å². The Morgan fingerprint density at radius 2 is 1.79 bits per heavy atom. The van der Waals surface area contributed by atoms with Crippen LogP contribution in [0.2, 0.25) is 0 Å². The van der Waals surface area contributed by atoms with Crippen LogP contribution in [0.4, 0.5) is 0 Å². The molecule has 1 amide bonds. The Bertz CT molecular complexity index is 1320. The van der Waals surface area contributed by atoms with E-state index in [-0.39, 0.29) is 36.5 Å². The molecule has 34 heavy (non-hydrogen) atoms. The average molecular weight is 460 g/mol. The van der Waals surface area contributed by atoms with Crippen molar-refractivity contribution in [2.24, 2.45) is 0 Å². The van der Waals surface area contributed by atoms with Crippen molar-refractivity contribution in [3.63, 3.8) is 0 Å². The summed E-state index contributed by atoms with van der Waals surface area (Å²) in [6, 6.07) is 18.4. The lowest BCUT2D eigenvalue weighted by Gasteiger charge is -2.10. The third kappa shape index (κ3) is 5.74. The van der Waals surface area contributed by atoms with Crippen molar-refractivity contribution in [2.45, 2.75) is 40.0 Å². The van der Waals surface area contributed by atoms with Crippen molar-refractivity contribution in [2.75, 3.05) is 0 Å². The fourth-order valence-electron chi connectivity index (χ4n) is 3.20. The molecule has 4 rings (SSSR count). The number of ether oxygens (including phenoxy) is 1. The quantitative estimate of drug-likeness (QED) is 0.430. The van der Waals surface area contributed by atoms with Gasteiger partial charge in [0.1, 0.15) is 12.3 Å². The number of carbonyl (C=O) groups is 1. The van der Waals surface area contributed by atoms with Gasteiger partial charge in [-0.2, -0.15) is 10.1 Å². The van der Waals surface area contributed by atoms with Crippen LogP contribution < -0.4 is 15.6 Å². The number of benzene rings is 2. The SMILES string of the molecule is Cc1ccc(-c2ccc(=O)n(Cc3noc(C(=O)NCc4ccc(OC(C)C)cc4)n3)n2)cc1. The fraction of sp³-hybridized carbons (Fsp3) is 0.240. The van der Waals surface area contributed by atoms with E-state index in [4.69, 9.17) is 9.26 Å². The maximum Gasteiger partial charge on any atom is 0.316 e. The predicted molar refractivity (Wildman–Crippen MR) is 125 cm³/mol. The largest absolute Gasteiger partial charge is 0.491 e. The molecule has 0 aliphatic rings. The molecule has 0 radical (unpaired) electrons. The minimum atomic E-state index is -0.505. The number of hydrogen-bond donors (Lipinski definition) is 1. The Balaban J connectivity index is 1.39. The number of aromatic nitrogens is 4. The molecule has 0 spiro atoms. The molecule has 174 valence electrons. The van der Waals surface area contributed by atoms with Crippen LogP contribution in [-0.2, 0) is 13.1 Å². The second-order valence-corrected chi connectivity index (χ2v) is 8.09. The van der Waals surface area contributed by atoms with Crippen LogP contribution in [0.1, 0.15) is 41.5 Å². The van der Waals surface area contributed by atoms with Crippen molar-refractivity contribution in [3.05, 3.63) is 93.9 Å². The second kappa shape index (κ2) is 10.1. The molecule has 2 aromatic carbocycles. The highest BCUT2D eigenvalue weighted by Crippen LogP contribution is 2.16. The van der Waals surface area contributed by atoms with E-state index in [1.54, 1.807) is 6.07 Å². The van der Waals surface area contributed by atoms with Gasteiger partial charge < -0.3 is 14.6 Å². The lowest BCUT2D eigenvalue weighted by atomic mass is 10.1. The topological polar surface area (TPSA) is 112 Å². The smallest absolute Gasteiger partial charge is 0.316 e. The third-order valence-corrected chi connectivity index (χ3v) is 4.92. The molecule has 4 aromatic rings. The van der Waals surface area contributed by atoms with Crippen molar-refractivity contribution < 1.29 is 14.1 Å². The normalized spacial score (nSPS) is 10.9. The second-order valence-electron chi connectivity index (χ2n) is 8.09. The first-order valence-electron chi connectivity index (χ1n) is 10.9. The zero-order valence-electron chi connectivity index (χ0n) is 19.2. The van der Waals surface area contributed by atoms with Gasteiger partial charge in [-0.1, -0.05) is 47.1 Å². The van der Waals surface area contributed by atoms with E-state index in [0.29, 0.717) is 5.69 Å². The molecule has 0 saturated heterocycles. The molecule has 2 aromatic heterocycles. The Kier molecular flexibility index (Phi) is 6.82. The summed E-state index contributed by atoms with van der Waals surface area (Å²) in [6.45, 7) is 6.19. The molecule has 0 bridgehead atoms. The average Bonchev–Trinajstić information content (AvgIpc) is 3.29. The lowest BCUT2D eigenvalue weighted by Crippen LogP contribution is -2.24. The first-order chi connectivity index (χ1) is 16.4. The van der Waals surface area contributed by atoms with Gasteiger partial charge in [-0.3, -0.25) is 9.59 Å². The first kappa shape index (κ1) is 22.9. The molecule has 0 aliphatic carbocycles.